The first-order chi connectivity index (χ1) is 12.1. The van der Waals surface area contributed by atoms with Crippen molar-refractivity contribution in [3.8, 4) is 28.3 Å². The zero-order chi connectivity index (χ0) is 17.4. The monoisotopic (exact) mass is 349 g/mol. The Bertz CT molecular complexity index is 1140. The van der Waals surface area contributed by atoms with Gasteiger partial charge in [-0.15, -0.1) is 0 Å². The number of nitrogens with one attached hydrogen (secondary N) is 1. The van der Waals surface area contributed by atoms with Gasteiger partial charge in [-0.1, -0.05) is 41.9 Å². The number of rotatable bonds is 2. The summed E-state index contributed by atoms with van der Waals surface area (Å²) in [7, 11) is 0. The van der Waals surface area contributed by atoms with Gasteiger partial charge < -0.3 is 10.1 Å². The molecule has 6 heteroatoms. The Balaban J connectivity index is 2.08. The highest BCUT2D eigenvalue weighted by molar-refractivity contribution is 6.32. The molecule has 0 unspecified atom stereocenters. The number of benzene rings is 2. The smallest absolute Gasteiger partial charge is 0.209 e. The second-order valence-corrected chi connectivity index (χ2v) is 5.90. The molecular weight excluding hydrogens is 338 g/mol. The minimum absolute atomic E-state index is 0.0155. The number of aromatic amines is 1. The summed E-state index contributed by atoms with van der Waals surface area (Å²) in [5.74, 6) is -0.0155. The van der Waals surface area contributed by atoms with Crippen molar-refractivity contribution in [1.29, 1.82) is 0 Å². The lowest BCUT2D eigenvalue weighted by Gasteiger charge is -2.10. The quantitative estimate of drug-likeness (QED) is 0.573. The second kappa shape index (κ2) is 6.03. The van der Waals surface area contributed by atoms with Crippen LogP contribution in [-0.2, 0) is 0 Å². The molecule has 25 heavy (non-hydrogen) atoms. The molecule has 0 saturated heterocycles. The topological polar surface area (TPSA) is 78.9 Å². The highest BCUT2D eigenvalue weighted by atomic mass is 35.5. The number of pyridine rings is 1. The van der Waals surface area contributed by atoms with E-state index in [2.05, 4.69) is 15.0 Å². The third kappa shape index (κ3) is 2.75. The third-order valence-electron chi connectivity index (χ3n) is 3.85. The van der Waals surface area contributed by atoms with E-state index in [0.717, 1.165) is 5.56 Å². The number of aromatic hydroxyl groups is 1. The van der Waals surface area contributed by atoms with Crippen LogP contribution in [0.4, 0.5) is 0 Å². The van der Waals surface area contributed by atoms with Gasteiger partial charge in [-0.05, 0) is 18.2 Å². The fraction of sp³-hybridized carbons (Fsp3) is 0. The average Bonchev–Trinajstić information content (AvgIpc) is 2.64. The maximum atomic E-state index is 12.1. The van der Waals surface area contributed by atoms with Gasteiger partial charge in [0.1, 0.15) is 5.75 Å². The number of hydrogen-bond donors (Lipinski definition) is 2. The van der Waals surface area contributed by atoms with Gasteiger partial charge in [0.2, 0.25) is 5.43 Å². The molecule has 4 rings (SSSR count). The summed E-state index contributed by atoms with van der Waals surface area (Å²) >= 11 is 6.05. The van der Waals surface area contributed by atoms with E-state index in [1.54, 1.807) is 18.3 Å². The molecule has 0 radical (unpaired) electrons. The predicted octanol–water partition coefficient (Wildman–Crippen LogP) is 4.01. The van der Waals surface area contributed by atoms with Crippen molar-refractivity contribution < 1.29 is 5.11 Å². The maximum Gasteiger partial charge on any atom is 0.209 e. The normalized spacial score (nSPS) is 10.9. The number of nitrogens with zero attached hydrogens (tertiary/aromatic N) is 2. The first kappa shape index (κ1) is 15.4. The van der Waals surface area contributed by atoms with Crippen LogP contribution in [-0.4, -0.2) is 20.1 Å². The lowest BCUT2D eigenvalue weighted by atomic mass is 10.0. The summed E-state index contributed by atoms with van der Waals surface area (Å²) in [4.78, 5) is 24.3. The standard InChI is InChI=1S/C19H12ClN3O2/c20-13-10-12(6-7-14(13)24)17-16(11-4-2-1-3-5-11)23-19-18(22-17)15(25)8-9-21-19/h1-10,24H,(H,21,23,25). The van der Waals surface area contributed by atoms with Gasteiger partial charge in [0.15, 0.2) is 11.2 Å². The predicted molar refractivity (Wildman–Crippen MR) is 97.7 cm³/mol. The zero-order valence-electron chi connectivity index (χ0n) is 12.9. The summed E-state index contributed by atoms with van der Waals surface area (Å²) in [6, 6.07) is 15.8. The van der Waals surface area contributed by atoms with Crippen molar-refractivity contribution >= 4 is 22.8 Å². The number of H-pyrrole nitrogens is 1. The number of fused-ring (bicyclic) bond motifs is 1. The van der Waals surface area contributed by atoms with Gasteiger partial charge >= 0.3 is 0 Å². The van der Waals surface area contributed by atoms with Crippen LogP contribution in [0, 0.1) is 0 Å². The van der Waals surface area contributed by atoms with E-state index in [0.29, 0.717) is 22.6 Å². The van der Waals surface area contributed by atoms with Crippen molar-refractivity contribution in [1.82, 2.24) is 15.0 Å². The first-order valence-corrected chi connectivity index (χ1v) is 7.95. The van der Waals surface area contributed by atoms with Gasteiger partial charge in [-0.3, -0.25) is 4.79 Å². The second-order valence-electron chi connectivity index (χ2n) is 5.49. The van der Waals surface area contributed by atoms with E-state index >= 15 is 0 Å². The van der Waals surface area contributed by atoms with Crippen LogP contribution in [0.15, 0.2) is 65.6 Å². The average molecular weight is 350 g/mol. The van der Waals surface area contributed by atoms with Gasteiger partial charge in [-0.2, -0.15) is 0 Å². The molecule has 0 aliphatic rings. The molecule has 5 nitrogen and oxygen atoms in total. The molecule has 122 valence electrons. The van der Waals surface area contributed by atoms with Crippen molar-refractivity contribution in [3.05, 3.63) is 76.0 Å². The molecule has 2 aromatic carbocycles. The number of phenols is 1. The van der Waals surface area contributed by atoms with Crippen LogP contribution < -0.4 is 5.43 Å². The highest BCUT2D eigenvalue weighted by Crippen LogP contribution is 2.33. The Kier molecular flexibility index (Phi) is 3.71. The Hall–Kier alpha value is -3.18. The zero-order valence-corrected chi connectivity index (χ0v) is 13.7. The fourth-order valence-corrected chi connectivity index (χ4v) is 2.82. The van der Waals surface area contributed by atoms with E-state index in [1.807, 2.05) is 30.3 Å². The molecule has 0 aliphatic heterocycles. The maximum absolute atomic E-state index is 12.1. The van der Waals surface area contributed by atoms with Crippen molar-refractivity contribution in [2.45, 2.75) is 0 Å². The Morgan fingerprint density at radius 2 is 1.68 bits per heavy atom. The Labute approximate surface area is 147 Å². The molecular formula is C19H12ClN3O2. The number of halogens is 1. The van der Waals surface area contributed by atoms with Crippen molar-refractivity contribution in [3.63, 3.8) is 0 Å². The van der Waals surface area contributed by atoms with E-state index < -0.39 is 0 Å². The third-order valence-corrected chi connectivity index (χ3v) is 4.16. The van der Waals surface area contributed by atoms with E-state index in [9.17, 15) is 9.90 Å². The van der Waals surface area contributed by atoms with Gasteiger partial charge in [0.05, 0.1) is 16.4 Å². The summed E-state index contributed by atoms with van der Waals surface area (Å²) in [5.41, 5.74) is 3.13. The van der Waals surface area contributed by atoms with Gasteiger partial charge in [0.25, 0.3) is 0 Å². The van der Waals surface area contributed by atoms with Gasteiger partial charge in [-0.25, -0.2) is 9.97 Å². The number of aromatic nitrogens is 3. The van der Waals surface area contributed by atoms with E-state index in [4.69, 9.17) is 11.6 Å². The molecule has 0 amide bonds. The summed E-state index contributed by atoms with van der Waals surface area (Å²) in [6.45, 7) is 0. The van der Waals surface area contributed by atoms with Gasteiger partial charge in [0, 0.05) is 23.4 Å². The van der Waals surface area contributed by atoms with Crippen LogP contribution in [0.3, 0.4) is 0 Å². The van der Waals surface area contributed by atoms with E-state index in [-0.39, 0.29) is 21.7 Å². The SMILES string of the molecule is O=c1cc[nH]c2nc(-c3ccccc3)c(-c3ccc(O)c(Cl)c3)nc12. The lowest BCUT2D eigenvalue weighted by Crippen LogP contribution is -2.06. The van der Waals surface area contributed by atoms with Crippen LogP contribution in [0.25, 0.3) is 33.7 Å². The fourth-order valence-electron chi connectivity index (χ4n) is 2.64. The molecule has 0 bridgehead atoms. The molecule has 0 saturated carbocycles. The molecule has 0 fully saturated rings. The van der Waals surface area contributed by atoms with Crippen LogP contribution >= 0.6 is 11.6 Å². The highest BCUT2D eigenvalue weighted by Gasteiger charge is 2.15. The lowest BCUT2D eigenvalue weighted by molar-refractivity contribution is 0.475. The minimum atomic E-state index is -0.216. The van der Waals surface area contributed by atoms with E-state index in [1.165, 1.54) is 12.1 Å². The molecule has 2 heterocycles. The number of phenolic OH excluding ortho intramolecular Hbond substituents is 1. The van der Waals surface area contributed by atoms with Crippen LogP contribution in [0.5, 0.6) is 5.75 Å². The molecule has 4 aromatic rings. The Morgan fingerprint density at radius 1 is 0.920 bits per heavy atom. The molecule has 0 aliphatic carbocycles. The molecule has 0 spiro atoms. The Morgan fingerprint density at radius 3 is 2.44 bits per heavy atom. The van der Waals surface area contributed by atoms with Crippen molar-refractivity contribution in [2.24, 2.45) is 0 Å². The van der Waals surface area contributed by atoms with Crippen LogP contribution in [0.2, 0.25) is 5.02 Å². The van der Waals surface area contributed by atoms with Crippen molar-refractivity contribution in [2.75, 3.05) is 0 Å². The minimum Gasteiger partial charge on any atom is -0.506 e. The summed E-state index contributed by atoms with van der Waals surface area (Å²) < 4.78 is 0. The summed E-state index contributed by atoms with van der Waals surface area (Å²) in [6.07, 6.45) is 1.55. The largest absolute Gasteiger partial charge is 0.506 e. The molecule has 2 N–H and O–H groups in total. The molecule has 2 aromatic heterocycles. The van der Waals surface area contributed by atoms with Crippen LogP contribution in [0.1, 0.15) is 0 Å². The first-order valence-electron chi connectivity index (χ1n) is 7.57. The molecule has 0 atom stereocenters. The number of hydrogen-bond acceptors (Lipinski definition) is 4. The summed E-state index contributed by atoms with van der Waals surface area (Å²) in [5, 5.41) is 9.88.